The first-order chi connectivity index (χ1) is 21.3. The number of aromatic nitrogens is 3. The standard InChI is InChI=1S/C33H42N8O3/c1-6-40(16-17-43-5)29-18-25(10-13-36-29)38-32-30(31(35)22(3)4)26(19-27(39-32)33(42)44-7-2)24-8-9-28(37-21-24)41-14-11-23(20-34)12-15-41/h8-10,13,18-19,21-23,35H,6-7,11-12,14-17H2,1-5H3,(H,36,38,39). The molecular weight excluding hydrogens is 556 g/mol. The monoisotopic (exact) mass is 598 g/mol. The third kappa shape index (κ3) is 7.68. The third-order valence-corrected chi connectivity index (χ3v) is 7.69. The second-order valence-corrected chi connectivity index (χ2v) is 11.0. The number of carbonyl (C=O) groups excluding carboxylic acids is 1. The molecule has 3 aromatic rings. The molecule has 1 fully saturated rings. The summed E-state index contributed by atoms with van der Waals surface area (Å²) in [6, 6.07) is 11.7. The molecule has 4 heterocycles. The normalized spacial score (nSPS) is 13.4. The summed E-state index contributed by atoms with van der Waals surface area (Å²) in [5.74, 6) is 1.42. The molecular formula is C33H42N8O3. The van der Waals surface area contributed by atoms with E-state index >= 15 is 0 Å². The Kier molecular flexibility index (Phi) is 11.2. The van der Waals surface area contributed by atoms with Crippen LogP contribution in [0.15, 0.2) is 42.7 Å². The summed E-state index contributed by atoms with van der Waals surface area (Å²) in [5, 5.41) is 21.8. The third-order valence-electron chi connectivity index (χ3n) is 7.69. The smallest absolute Gasteiger partial charge is 0.357 e. The first kappa shape index (κ1) is 32.4. The number of ether oxygens (including phenoxy) is 2. The van der Waals surface area contributed by atoms with E-state index in [1.807, 2.05) is 38.1 Å². The van der Waals surface area contributed by atoms with Crippen LogP contribution in [-0.4, -0.2) is 73.1 Å². The molecule has 0 radical (unpaired) electrons. The Morgan fingerprint density at radius 1 is 1.20 bits per heavy atom. The summed E-state index contributed by atoms with van der Waals surface area (Å²) in [4.78, 5) is 31.3. The van der Waals surface area contributed by atoms with E-state index in [4.69, 9.17) is 24.9 Å². The molecule has 3 aromatic heterocycles. The van der Waals surface area contributed by atoms with Gasteiger partial charge in [-0.15, -0.1) is 0 Å². The Morgan fingerprint density at radius 2 is 1.98 bits per heavy atom. The number of piperidine rings is 1. The van der Waals surface area contributed by atoms with Crippen molar-refractivity contribution in [2.75, 3.05) is 61.6 Å². The zero-order chi connectivity index (χ0) is 31.6. The van der Waals surface area contributed by atoms with Crippen molar-refractivity contribution in [3.05, 3.63) is 54.0 Å². The fraction of sp³-hybridized carbons (Fsp3) is 0.455. The quantitative estimate of drug-likeness (QED) is 0.186. The van der Waals surface area contributed by atoms with Crippen molar-refractivity contribution in [1.82, 2.24) is 15.0 Å². The van der Waals surface area contributed by atoms with Gasteiger partial charge in [-0.3, -0.25) is 0 Å². The maximum Gasteiger partial charge on any atom is 0.357 e. The van der Waals surface area contributed by atoms with E-state index in [1.54, 1.807) is 32.5 Å². The van der Waals surface area contributed by atoms with Gasteiger partial charge >= 0.3 is 5.97 Å². The maximum atomic E-state index is 13.0. The van der Waals surface area contributed by atoms with Crippen LogP contribution in [0.25, 0.3) is 11.1 Å². The zero-order valence-electron chi connectivity index (χ0n) is 26.3. The largest absolute Gasteiger partial charge is 0.461 e. The number of nitriles is 1. The number of hydrogen-bond acceptors (Lipinski definition) is 11. The van der Waals surface area contributed by atoms with Crippen molar-refractivity contribution >= 4 is 34.8 Å². The first-order valence-corrected chi connectivity index (χ1v) is 15.2. The van der Waals surface area contributed by atoms with Crippen LogP contribution in [-0.2, 0) is 9.47 Å². The minimum atomic E-state index is -0.545. The molecule has 0 amide bonds. The Morgan fingerprint density at radius 3 is 2.59 bits per heavy atom. The van der Waals surface area contributed by atoms with E-state index in [9.17, 15) is 10.1 Å². The van der Waals surface area contributed by atoms with Crippen LogP contribution in [0.3, 0.4) is 0 Å². The lowest BCUT2D eigenvalue weighted by Crippen LogP contribution is -2.33. The molecule has 1 saturated heterocycles. The summed E-state index contributed by atoms with van der Waals surface area (Å²) in [6.07, 6.45) is 5.13. The van der Waals surface area contributed by atoms with Gasteiger partial charge in [0, 0.05) is 80.2 Å². The minimum absolute atomic E-state index is 0.0889. The van der Waals surface area contributed by atoms with E-state index in [-0.39, 0.29) is 24.1 Å². The highest BCUT2D eigenvalue weighted by molar-refractivity contribution is 6.10. The molecule has 2 N–H and O–H groups in total. The summed E-state index contributed by atoms with van der Waals surface area (Å²) >= 11 is 0. The van der Waals surface area contributed by atoms with Crippen molar-refractivity contribution in [3.63, 3.8) is 0 Å². The number of hydrogen-bond donors (Lipinski definition) is 2. The average molecular weight is 599 g/mol. The predicted octanol–water partition coefficient (Wildman–Crippen LogP) is 5.70. The molecule has 0 saturated carbocycles. The van der Waals surface area contributed by atoms with Gasteiger partial charge in [0.2, 0.25) is 0 Å². The lowest BCUT2D eigenvalue weighted by molar-refractivity contribution is 0.0519. The Balaban J connectivity index is 1.78. The van der Waals surface area contributed by atoms with Crippen LogP contribution in [0.5, 0.6) is 0 Å². The molecule has 44 heavy (non-hydrogen) atoms. The number of rotatable bonds is 13. The number of methoxy groups -OCH3 is 1. The van der Waals surface area contributed by atoms with Crippen molar-refractivity contribution in [1.29, 1.82) is 10.7 Å². The Labute approximate surface area is 259 Å². The van der Waals surface area contributed by atoms with Crippen LogP contribution < -0.4 is 15.1 Å². The van der Waals surface area contributed by atoms with Gasteiger partial charge in [-0.2, -0.15) is 5.26 Å². The van der Waals surface area contributed by atoms with E-state index in [2.05, 4.69) is 33.1 Å². The molecule has 11 nitrogen and oxygen atoms in total. The lowest BCUT2D eigenvalue weighted by Gasteiger charge is -2.30. The Bertz CT molecular complexity index is 1480. The molecule has 0 spiro atoms. The fourth-order valence-corrected chi connectivity index (χ4v) is 5.15. The van der Waals surface area contributed by atoms with E-state index in [0.29, 0.717) is 35.8 Å². The average Bonchev–Trinajstić information content (AvgIpc) is 3.05. The fourth-order valence-electron chi connectivity index (χ4n) is 5.15. The number of esters is 1. The molecule has 0 bridgehead atoms. The van der Waals surface area contributed by atoms with Crippen LogP contribution in [0.1, 0.15) is 56.6 Å². The lowest BCUT2D eigenvalue weighted by atomic mass is 9.92. The highest BCUT2D eigenvalue weighted by atomic mass is 16.5. The minimum Gasteiger partial charge on any atom is -0.461 e. The number of pyridine rings is 3. The van der Waals surface area contributed by atoms with Crippen LogP contribution >= 0.6 is 0 Å². The van der Waals surface area contributed by atoms with Gasteiger partial charge in [-0.1, -0.05) is 13.8 Å². The Hall–Kier alpha value is -4.56. The number of anilines is 4. The molecule has 0 aromatic carbocycles. The number of carbonyl (C=O) groups is 1. The summed E-state index contributed by atoms with van der Waals surface area (Å²) in [5.41, 5.74) is 3.23. The second-order valence-electron chi connectivity index (χ2n) is 11.0. The van der Waals surface area contributed by atoms with Crippen LogP contribution in [0.2, 0.25) is 0 Å². The molecule has 232 valence electrons. The van der Waals surface area contributed by atoms with Gasteiger partial charge < -0.3 is 30.0 Å². The summed E-state index contributed by atoms with van der Waals surface area (Å²) < 4.78 is 10.6. The van der Waals surface area contributed by atoms with E-state index < -0.39 is 5.97 Å². The van der Waals surface area contributed by atoms with Gasteiger partial charge in [0.05, 0.1) is 19.3 Å². The summed E-state index contributed by atoms with van der Waals surface area (Å²) in [6.45, 7) is 11.5. The van der Waals surface area contributed by atoms with Gasteiger partial charge in [-0.05, 0) is 62.4 Å². The maximum absolute atomic E-state index is 13.0. The highest BCUT2D eigenvalue weighted by Crippen LogP contribution is 2.34. The van der Waals surface area contributed by atoms with Crippen molar-refractivity contribution in [2.45, 2.75) is 40.5 Å². The highest BCUT2D eigenvalue weighted by Gasteiger charge is 2.25. The molecule has 0 aliphatic carbocycles. The molecule has 11 heteroatoms. The number of likely N-dealkylation sites (N-methyl/N-ethyl adjacent to an activating group) is 1. The predicted molar refractivity (Wildman–Crippen MR) is 173 cm³/mol. The van der Waals surface area contributed by atoms with Gasteiger partial charge in [0.1, 0.15) is 17.5 Å². The van der Waals surface area contributed by atoms with Crippen molar-refractivity contribution in [2.24, 2.45) is 11.8 Å². The number of nitrogens with zero attached hydrogens (tertiary/aromatic N) is 6. The summed E-state index contributed by atoms with van der Waals surface area (Å²) in [7, 11) is 1.67. The second kappa shape index (κ2) is 15.3. The molecule has 0 atom stereocenters. The molecule has 1 aliphatic rings. The van der Waals surface area contributed by atoms with Gasteiger partial charge in [-0.25, -0.2) is 19.7 Å². The van der Waals surface area contributed by atoms with Gasteiger partial charge in [0.15, 0.2) is 5.69 Å². The van der Waals surface area contributed by atoms with Crippen LogP contribution in [0.4, 0.5) is 23.1 Å². The zero-order valence-corrected chi connectivity index (χ0v) is 26.3. The molecule has 1 aliphatic heterocycles. The van der Waals surface area contributed by atoms with Crippen LogP contribution in [0, 0.1) is 28.6 Å². The van der Waals surface area contributed by atoms with E-state index in [1.165, 1.54) is 0 Å². The van der Waals surface area contributed by atoms with Crippen molar-refractivity contribution in [3.8, 4) is 17.2 Å². The van der Waals surface area contributed by atoms with Gasteiger partial charge in [0.25, 0.3) is 0 Å². The molecule has 4 rings (SSSR count). The van der Waals surface area contributed by atoms with Crippen molar-refractivity contribution < 1.29 is 14.3 Å². The SMILES string of the molecule is CCOC(=O)c1cc(-c2ccc(N3CCC(C#N)CC3)nc2)c(C(=N)C(C)C)c(Nc2ccnc(N(CC)CCOC)c2)n1. The topological polar surface area (TPSA) is 140 Å². The number of nitrogens with one attached hydrogen (secondary N) is 2. The van der Waals surface area contributed by atoms with E-state index in [0.717, 1.165) is 55.4 Å². The molecule has 0 unspecified atom stereocenters. The first-order valence-electron chi connectivity index (χ1n) is 15.2.